The van der Waals surface area contributed by atoms with Crippen LogP contribution in [0.4, 0.5) is 4.79 Å². The summed E-state index contributed by atoms with van der Waals surface area (Å²) in [6.45, 7) is 14.9. The molecule has 0 aliphatic heterocycles. The first-order valence-electron chi connectivity index (χ1n) is 9.66. The first-order chi connectivity index (χ1) is 12.9. The summed E-state index contributed by atoms with van der Waals surface area (Å²) in [4.78, 5) is 25.9. The molecule has 0 radical (unpaired) electrons. The van der Waals surface area contributed by atoms with Crippen molar-refractivity contribution in [1.82, 2.24) is 9.80 Å². The molecule has 0 fully saturated rings. The monoisotopic (exact) mass is 384 g/mol. The van der Waals surface area contributed by atoms with Gasteiger partial charge in [0.1, 0.15) is 5.75 Å². The minimum atomic E-state index is -0.452. The van der Waals surface area contributed by atoms with Crippen molar-refractivity contribution >= 4 is 12.0 Å². The predicted molar refractivity (Wildman–Crippen MR) is 113 cm³/mol. The van der Waals surface area contributed by atoms with Crippen molar-refractivity contribution in [2.24, 2.45) is 0 Å². The quantitative estimate of drug-likeness (QED) is 0.705. The molecule has 0 aromatic heterocycles. The van der Waals surface area contributed by atoms with Gasteiger partial charge in [0.05, 0.1) is 6.61 Å². The summed E-state index contributed by atoms with van der Waals surface area (Å²) < 4.78 is 10.3. The molecular weight excluding hydrogens is 344 g/mol. The number of amides is 2. The standard InChI is InChI=1S/C15H22N2O4.3C2H6/c1-12(18)16(2)9-10-17(3)15(19)21-14-7-5-13(6-8-14)11-20-4;3*1-2/h5-8H,9-11H2,1-4H3;3*1-2H3. The van der Waals surface area contributed by atoms with Crippen molar-refractivity contribution in [2.45, 2.75) is 55.1 Å². The molecular formula is C21H40N2O4. The number of likely N-dealkylation sites (N-methyl/N-ethyl adjacent to an activating group) is 2. The van der Waals surface area contributed by atoms with Gasteiger partial charge in [0.25, 0.3) is 0 Å². The molecule has 0 saturated heterocycles. The van der Waals surface area contributed by atoms with Gasteiger partial charge in [-0.3, -0.25) is 4.79 Å². The van der Waals surface area contributed by atoms with E-state index >= 15 is 0 Å². The van der Waals surface area contributed by atoms with Crippen LogP contribution in [-0.4, -0.2) is 56.1 Å². The van der Waals surface area contributed by atoms with E-state index in [4.69, 9.17) is 9.47 Å². The first kappa shape index (κ1) is 29.7. The van der Waals surface area contributed by atoms with Crippen LogP contribution in [0.5, 0.6) is 5.75 Å². The second-order valence-electron chi connectivity index (χ2n) is 4.81. The number of methoxy groups -OCH3 is 1. The van der Waals surface area contributed by atoms with Crippen LogP contribution in [0.15, 0.2) is 24.3 Å². The largest absolute Gasteiger partial charge is 0.415 e. The highest BCUT2D eigenvalue weighted by molar-refractivity contribution is 5.73. The van der Waals surface area contributed by atoms with E-state index in [1.807, 2.05) is 53.7 Å². The summed E-state index contributed by atoms with van der Waals surface area (Å²) >= 11 is 0. The van der Waals surface area contributed by atoms with Crippen LogP contribution in [0.25, 0.3) is 0 Å². The Kier molecular flexibility index (Phi) is 22.2. The zero-order chi connectivity index (χ0) is 21.8. The molecule has 0 aliphatic carbocycles. The van der Waals surface area contributed by atoms with Gasteiger partial charge < -0.3 is 19.3 Å². The lowest BCUT2D eigenvalue weighted by atomic mass is 10.2. The van der Waals surface area contributed by atoms with Gasteiger partial charge >= 0.3 is 6.09 Å². The number of nitrogens with zero attached hydrogens (tertiary/aromatic N) is 2. The first-order valence-corrected chi connectivity index (χ1v) is 9.66. The van der Waals surface area contributed by atoms with Crippen LogP contribution in [0, 0.1) is 0 Å². The second-order valence-corrected chi connectivity index (χ2v) is 4.81. The van der Waals surface area contributed by atoms with E-state index in [2.05, 4.69) is 0 Å². The SMILES string of the molecule is CC.CC.CC.COCc1ccc(OC(=O)N(C)CCN(C)C(C)=O)cc1. The summed E-state index contributed by atoms with van der Waals surface area (Å²) in [7, 11) is 4.95. The fraction of sp³-hybridized carbons (Fsp3) is 0.619. The molecule has 2 amide bonds. The van der Waals surface area contributed by atoms with Crippen LogP contribution >= 0.6 is 0 Å². The fourth-order valence-electron chi connectivity index (χ4n) is 1.55. The summed E-state index contributed by atoms with van der Waals surface area (Å²) in [5.74, 6) is 0.442. The third-order valence-electron chi connectivity index (χ3n) is 3.06. The molecule has 158 valence electrons. The summed E-state index contributed by atoms with van der Waals surface area (Å²) in [6.07, 6.45) is -0.452. The molecule has 6 heteroatoms. The molecule has 6 nitrogen and oxygen atoms in total. The van der Waals surface area contributed by atoms with E-state index in [0.717, 1.165) is 5.56 Å². The van der Waals surface area contributed by atoms with Crippen LogP contribution in [0.2, 0.25) is 0 Å². The topological polar surface area (TPSA) is 59.1 Å². The Morgan fingerprint density at radius 1 is 0.852 bits per heavy atom. The summed E-state index contributed by atoms with van der Waals surface area (Å²) in [6, 6.07) is 7.13. The highest BCUT2D eigenvalue weighted by atomic mass is 16.6. The van der Waals surface area contributed by atoms with Crippen molar-refractivity contribution in [3.05, 3.63) is 29.8 Å². The lowest BCUT2D eigenvalue weighted by molar-refractivity contribution is -0.127. The van der Waals surface area contributed by atoms with E-state index < -0.39 is 6.09 Å². The molecule has 0 aliphatic rings. The molecule has 0 saturated carbocycles. The molecule has 0 N–H and O–H groups in total. The fourth-order valence-corrected chi connectivity index (χ4v) is 1.55. The van der Waals surface area contributed by atoms with E-state index in [1.165, 1.54) is 11.8 Å². The summed E-state index contributed by atoms with van der Waals surface area (Å²) in [5.41, 5.74) is 1.01. The Labute approximate surface area is 166 Å². The van der Waals surface area contributed by atoms with Crippen molar-refractivity contribution in [1.29, 1.82) is 0 Å². The van der Waals surface area contributed by atoms with E-state index in [1.54, 1.807) is 38.2 Å². The minimum Gasteiger partial charge on any atom is -0.410 e. The van der Waals surface area contributed by atoms with Crippen LogP contribution < -0.4 is 4.74 Å². The number of hydrogen-bond acceptors (Lipinski definition) is 4. The van der Waals surface area contributed by atoms with Crippen molar-refractivity contribution in [2.75, 3.05) is 34.3 Å². The van der Waals surface area contributed by atoms with Gasteiger partial charge in [-0.1, -0.05) is 53.7 Å². The maximum absolute atomic E-state index is 11.9. The number of carbonyl (C=O) groups excluding carboxylic acids is 2. The lowest BCUT2D eigenvalue weighted by Gasteiger charge is -2.21. The van der Waals surface area contributed by atoms with Gasteiger partial charge in [0, 0.05) is 41.2 Å². The van der Waals surface area contributed by atoms with Gasteiger partial charge in [-0.15, -0.1) is 0 Å². The van der Waals surface area contributed by atoms with Gasteiger partial charge in [-0.05, 0) is 17.7 Å². The molecule has 0 heterocycles. The maximum Gasteiger partial charge on any atom is 0.415 e. The second kappa shape index (κ2) is 20.2. The average molecular weight is 385 g/mol. The number of carbonyl (C=O) groups is 2. The smallest absolute Gasteiger partial charge is 0.410 e. The van der Waals surface area contributed by atoms with E-state index in [-0.39, 0.29) is 5.91 Å². The van der Waals surface area contributed by atoms with Gasteiger partial charge in [-0.25, -0.2) is 4.79 Å². The third-order valence-corrected chi connectivity index (χ3v) is 3.06. The number of rotatable bonds is 6. The van der Waals surface area contributed by atoms with Crippen LogP contribution in [0.1, 0.15) is 54.0 Å². The Bertz CT molecular complexity index is 476. The van der Waals surface area contributed by atoms with Gasteiger partial charge in [0.2, 0.25) is 5.91 Å². The predicted octanol–water partition coefficient (Wildman–Crippen LogP) is 4.82. The van der Waals surface area contributed by atoms with Crippen molar-refractivity contribution in [3.8, 4) is 5.75 Å². The van der Waals surface area contributed by atoms with Crippen LogP contribution in [-0.2, 0) is 16.1 Å². The highest BCUT2D eigenvalue weighted by Gasteiger charge is 2.12. The average Bonchev–Trinajstić information content (AvgIpc) is 2.72. The third kappa shape index (κ3) is 14.7. The maximum atomic E-state index is 11.9. The molecule has 1 aromatic carbocycles. The molecule has 0 atom stereocenters. The molecule has 27 heavy (non-hydrogen) atoms. The zero-order valence-electron chi connectivity index (χ0n) is 19.0. The number of ether oxygens (including phenoxy) is 2. The molecule has 1 rings (SSSR count). The van der Waals surface area contributed by atoms with Crippen molar-refractivity contribution < 1.29 is 19.1 Å². The Hall–Kier alpha value is -2.08. The van der Waals surface area contributed by atoms with E-state index in [9.17, 15) is 9.59 Å². The van der Waals surface area contributed by atoms with E-state index in [0.29, 0.717) is 25.4 Å². The van der Waals surface area contributed by atoms with Gasteiger partial charge in [-0.2, -0.15) is 0 Å². The Morgan fingerprint density at radius 3 is 1.70 bits per heavy atom. The number of hydrogen-bond donors (Lipinski definition) is 0. The molecule has 0 spiro atoms. The minimum absolute atomic E-state index is 0.0366. The summed E-state index contributed by atoms with van der Waals surface area (Å²) in [5, 5.41) is 0. The lowest BCUT2D eigenvalue weighted by Crippen LogP contribution is -2.37. The van der Waals surface area contributed by atoms with Crippen LogP contribution in [0.3, 0.4) is 0 Å². The molecule has 1 aromatic rings. The zero-order valence-corrected chi connectivity index (χ0v) is 19.0. The molecule has 0 bridgehead atoms. The highest BCUT2D eigenvalue weighted by Crippen LogP contribution is 2.13. The Morgan fingerprint density at radius 2 is 1.30 bits per heavy atom. The van der Waals surface area contributed by atoms with Gasteiger partial charge in [0.15, 0.2) is 0 Å². The number of benzene rings is 1. The molecule has 0 unspecified atom stereocenters. The van der Waals surface area contributed by atoms with Crippen molar-refractivity contribution in [3.63, 3.8) is 0 Å². The normalized spacial score (nSPS) is 8.52. The Balaban J connectivity index is -0.000000869.